The fraction of sp³-hybridized carbons (Fsp3) is 0.250. The monoisotopic (exact) mass is 396 g/mol. The predicted molar refractivity (Wildman–Crippen MR) is 94.9 cm³/mol. The molecule has 0 aliphatic heterocycles. The van der Waals surface area contributed by atoms with Crippen molar-refractivity contribution in [3.63, 3.8) is 0 Å². The lowest BCUT2D eigenvalue weighted by Gasteiger charge is -2.05. The predicted octanol–water partition coefficient (Wildman–Crippen LogP) is -0.363. The first-order valence-corrected chi connectivity index (χ1v) is 9.09. The molecule has 1 amide bonds. The number of nitrogens with zero attached hydrogens (tertiary/aromatic N) is 3. The van der Waals surface area contributed by atoms with Gasteiger partial charge in [0, 0.05) is 25.6 Å². The number of anilines is 1. The largest absolute Gasteiger partial charge is 1.00 e. The molecule has 0 saturated carbocycles. The van der Waals surface area contributed by atoms with Crippen molar-refractivity contribution in [3.8, 4) is 5.75 Å². The lowest BCUT2D eigenvalue weighted by Crippen LogP contribution is -3.00. The topological polar surface area (TPSA) is 68.2 Å². The van der Waals surface area contributed by atoms with E-state index in [1.165, 1.54) is 23.1 Å². The van der Waals surface area contributed by atoms with Gasteiger partial charge in [0.2, 0.25) is 10.2 Å². The number of benzene rings is 1. The molecule has 0 bridgehead atoms. The molecule has 2 heterocycles. The molecule has 0 atom stereocenters. The number of fused-ring (bicyclic) bond motifs is 1. The van der Waals surface area contributed by atoms with Crippen molar-refractivity contribution in [2.75, 3.05) is 18.2 Å². The van der Waals surface area contributed by atoms with Gasteiger partial charge in [-0.1, -0.05) is 21.4 Å². The first kappa shape index (κ1) is 19.4. The van der Waals surface area contributed by atoms with Crippen LogP contribution in [0.4, 0.5) is 5.69 Å². The fourth-order valence-corrected chi connectivity index (χ4v) is 4.01. The lowest BCUT2D eigenvalue weighted by atomic mass is 10.3. The normalized spacial score (nSPS) is 10.4. The summed E-state index contributed by atoms with van der Waals surface area (Å²) in [6, 6.07) is 9.22. The van der Waals surface area contributed by atoms with Crippen molar-refractivity contribution in [3.05, 3.63) is 41.7 Å². The molecular weight excluding hydrogens is 380 g/mol. The Kier molecular flexibility index (Phi) is 6.57. The lowest BCUT2D eigenvalue weighted by molar-refractivity contribution is -0.588. The minimum Gasteiger partial charge on any atom is -1.00 e. The number of thioether (sulfide) groups is 1. The number of ether oxygens (including phenoxy) is 1. The first-order chi connectivity index (χ1) is 11.5. The van der Waals surface area contributed by atoms with Crippen LogP contribution >= 0.6 is 23.1 Å². The minimum absolute atomic E-state index is 0. The first-order valence-electron chi connectivity index (χ1n) is 7.29. The molecule has 0 aliphatic rings. The van der Waals surface area contributed by atoms with E-state index in [0.717, 1.165) is 32.1 Å². The molecule has 1 aromatic carbocycles. The van der Waals surface area contributed by atoms with Gasteiger partial charge in [-0.25, -0.2) is 0 Å². The van der Waals surface area contributed by atoms with Crippen LogP contribution in [0.5, 0.6) is 5.75 Å². The van der Waals surface area contributed by atoms with Crippen LogP contribution in [0.25, 0.3) is 4.96 Å². The van der Waals surface area contributed by atoms with Gasteiger partial charge in [-0.3, -0.25) is 4.79 Å². The third-order valence-electron chi connectivity index (χ3n) is 3.27. The number of hydrogen-bond donors (Lipinski definition) is 1. The van der Waals surface area contributed by atoms with Crippen molar-refractivity contribution in [2.45, 2.75) is 18.2 Å². The Morgan fingerprint density at radius 3 is 2.72 bits per heavy atom. The van der Waals surface area contributed by atoms with Gasteiger partial charge in [-0.05, 0) is 40.6 Å². The Morgan fingerprint density at radius 1 is 1.32 bits per heavy atom. The second-order valence-corrected chi connectivity index (χ2v) is 7.35. The molecule has 0 spiro atoms. The highest BCUT2D eigenvalue weighted by molar-refractivity contribution is 8.01. The molecule has 2 aromatic heterocycles. The highest BCUT2D eigenvalue weighted by atomic mass is 35.5. The summed E-state index contributed by atoms with van der Waals surface area (Å²) in [4.78, 5) is 17.4. The Bertz CT molecular complexity index is 884. The summed E-state index contributed by atoms with van der Waals surface area (Å²) in [5.74, 6) is 0.979. The minimum atomic E-state index is -0.0738. The molecule has 0 radical (unpaired) electrons. The number of rotatable bonds is 5. The van der Waals surface area contributed by atoms with E-state index in [4.69, 9.17) is 4.74 Å². The van der Waals surface area contributed by atoms with Crippen LogP contribution in [0.2, 0.25) is 0 Å². The van der Waals surface area contributed by atoms with Crippen LogP contribution in [-0.4, -0.2) is 28.9 Å². The van der Waals surface area contributed by atoms with E-state index >= 15 is 0 Å². The number of carbonyl (C=O) groups is 1. The Balaban J connectivity index is 0.00000225. The number of halogens is 1. The Morgan fingerprint density at radius 2 is 2.04 bits per heavy atom. The molecule has 0 fully saturated rings. The number of nitrogens with one attached hydrogen (secondary N) is 1. The summed E-state index contributed by atoms with van der Waals surface area (Å²) in [6.07, 6.45) is 0. The van der Waals surface area contributed by atoms with E-state index in [2.05, 4.69) is 15.4 Å². The van der Waals surface area contributed by atoms with Crippen molar-refractivity contribution in [2.24, 2.45) is 0 Å². The fourth-order valence-electron chi connectivity index (χ4n) is 2.17. The molecule has 1 N–H and O–H groups in total. The van der Waals surface area contributed by atoms with E-state index in [9.17, 15) is 4.79 Å². The van der Waals surface area contributed by atoms with E-state index < -0.39 is 0 Å². The molecule has 132 valence electrons. The number of aryl methyl sites for hydroxylation is 2. The van der Waals surface area contributed by atoms with Crippen LogP contribution in [-0.2, 0) is 4.79 Å². The second kappa shape index (κ2) is 8.46. The highest BCUT2D eigenvalue weighted by Crippen LogP contribution is 2.22. The van der Waals surface area contributed by atoms with Gasteiger partial charge in [0.25, 0.3) is 0 Å². The summed E-state index contributed by atoms with van der Waals surface area (Å²) in [6.45, 7) is 3.95. The van der Waals surface area contributed by atoms with Crippen LogP contribution < -0.4 is 27.0 Å². The molecule has 0 unspecified atom stereocenters. The van der Waals surface area contributed by atoms with Crippen molar-refractivity contribution in [1.82, 2.24) is 10.1 Å². The summed E-state index contributed by atoms with van der Waals surface area (Å²) in [7, 11) is 1.61. The molecule has 6 nitrogen and oxygen atoms in total. The van der Waals surface area contributed by atoms with Crippen molar-refractivity contribution >= 4 is 39.7 Å². The van der Waals surface area contributed by atoms with E-state index in [1.54, 1.807) is 11.6 Å². The zero-order valence-corrected chi connectivity index (χ0v) is 16.3. The van der Waals surface area contributed by atoms with Gasteiger partial charge >= 0.3 is 4.96 Å². The standard InChI is InChI=1S/C16H16N4O2S2.ClH/c1-10-8-11(2)20-15(17-10)24-16(19-20)23-9-14(21)18-12-4-6-13(22-3)7-5-12;/h4-8H,9H2,1-3H3;1H. The quantitative estimate of drug-likeness (QED) is 0.471. The highest BCUT2D eigenvalue weighted by Gasteiger charge is 2.17. The van der Waals surface area contributed by atoms with Crippen molar-refractivity contribution < 1.29 is 26.5 Å². The Hall–Kier alpha value is -1.90. The second-order valence-electron chi connectivity index (χ2n) is 5.17. The Labute approximate surface area is 160 Å². The van der Waals surface area contributed by atoms with Gasteiger partial charge < -0.3 is 22.5 Å². The SMILES string of the molecule is COc1ccc(NC(=O)CSc2n[n+]3c(C)cc(C)nc3s2)cc1.[Cl-]. The van der Waals surface area contributed by atoms with Crippen LogP contribution in [0.15, 0.2) is 34.7 Å². The molecular formula is C16H17ClN4O2S2. The zero-order valence-electron chi connectivity index (χ0n) is 13.9. The maximum absolute atomic E-state index is 12.1. The third-order valence-corrected chi connectivity index (χ3v) is 5.31. The average Bonchev–Trinajstić information content (AvgIpc) is 2.97. The van der Waals surface area contributed by atoms with Gasteiger partial charge in [0.05, 0.1) is 12.9 Å². The average molecular weight is 397 g/mol. The summed E-state index contributed by atoms with van der Waals surface area (Å²) < 4.78 is 7.72. The molecule has 9 heteroatoms. The van der Waals surface area contributed by atoms with E-state index in [-0.39, 0.29) is 18.3 Å². The molecule has 25 heavy (non-hydrogen) atoms. The number of methoxy groups -OCH3 is 1. The number of aromatic nitrogens is 3. The van der Waals surface area contributed by atoms with Crippen LogP contribution in [0, 0.1) is 13.8 Å². The van der Waals surface area contributed by atoms with E-state index in [0.29, 0.717) is 5.75 Å². The van der Waals surface area contributed by atoms with Gasteiger partial charge in [-0.15, -0.1) is 0 Å². The third kappa shape index (κ3) is 4.81. The molecule has 0 saturated heterocycles. The number of amides is 1. The summed E-state index contributed by atoms with van der Waals surface area (Å²) >= 11 is 2.89. The molecule has 0 aliphatic carbocycles. The molecule has 3 aromatic rings. The number of carbonyl (C=O) groups excluding carboxylic acids is 1. The van der Waals surface area contributed by atoms with Crippen molar-refractivity contribution in [1.29, 1.82) is 0 Å². The van der Waals surface area contributed by atoms with Gasteiger partial charge in [-0.2, -0.15) is 0 Å². The molecule has 3 rings (SSSR count). The van der Waals surface area contributed by atoms with E-state index in [1.807, 2.05) is 44.2 Å². The summed E-state index contributed by atoms with van der Waals surface area (Å²) in [5.41, 5.74) is 2.74. The van der Waals surface area contributed by atoms with Crippen LogP contribution in [0.3, 0.4) is 0 Å². The van der Waals surface area contributed by atoms with Gasteiger partial charge in [0.15, 0.2) is 5.69 Å². The smallest absolute Gasteiger partial charge is 0.410 e. The maximum atomic E-state index is 12.1. The summed E-state index contributed by atoms with van der Waals surface area (Å²) in [5, 5.41) is 7.35. The maximum Gasteiger partial charge on any atom is 0.410 e. The zero-order chi connectivity index (χ0) is 17.1. The number of hydrogen-bond acceptors (Lipinski definition) is 6. The van der Waals surface area contributed by atoms with Crippen LogP contribution in [0.1, 0.15) is 11.4 Å². The van der Waals surface area contributed by atoms with Gasteiger partial charge in [0.1, 0.15) is 11.4 Å².